The number of carboxylic acid groups (broad SMARTS) is 1. The third-order valence-electron chi connectivity index (χ3n) is 6.12. The summed E-state index contributed by atoms with van der Waals surface area (Å²) in [6.45, 7) is 2.11. The molecule has 1 amide bonds. The van der Waals surface area contributed by atoms with Crippen molar-refractivity contribution >= 4 is 29.6 Å². The Labute approximate surface area is 182 Å². The molecule has 2 fully saturated rings. The number of nitrogens with zero attached hydrogens (tertiary/aromatic N) is 1. The van der Waals surface area contributed by atoms with Crippen molar-refractivity contribution in [3.63, 3.8) is 0 Å². The zero-order valence-electron chi connectivity index (χ0n) is 17.6. The highest BCUT2D eigenvalue weighted by atomic mass is 32.2. The lowest BCUT2D eigenvalue weighted by atomic mass is 9.82. The van der Waals surface area contributed by atoms with Gasteiger partial charge >= 0.3 is 11.9 Å². The van der Waals surface area contributed by atoms with Crippen LogP contribution in [-0.4, -0.2) is 51.1 Å². The molecule has 164 valence electrons. The van der Waals surface area contributed by atoms with E-state index in [0.29, 0.717) is 24.3 Å². The summed E-state index contributed by atoms with van der Waals surface area (Å²) < 4.78 is 5.75. The van der Waals surface area contributed by atoms with Crippen LogP contribution in [0.15, 0.2) is 24.3 Å². The van der Waals surface area contributed by atoms with Gasteiger partial charge < -0.3 is 14.7 Å². The predicted octanol–water partition coefficient (Wildman–Crippen LogP) is 4.27. The van der Waals surface area contributed by atoms with Crippen LogP contribution in [0.5, 0.6) is 0 Å². The van der Waals surface area contributed by atoms with Crippen molar-refractivity contribution in [1.82, 2.24) is 4.90 Å². The lowest BCUT2D eigenvalue weighted by Crippen LogP contribution is -2.42. The number of benzene rings is 1. The Kier molecular flexibility index (Phi) is 7.81. The van der Waals surface area contributed by atoms with Gasteiger partial charge in [-0.1, -0.05) is 18.6 Å². The number of thioether (sulfide) groups is 1. The monoisotopic (exact) mass is 433 g/mol. The third kappa shape index (κ3) is 6.00. The standard InChI is InChI=1S/C23H31NO5S/c1-17(25)29-23(12-3-2-4-13-23)14-15-24-20(26)16-30-21(24)7-5-6-18-8-10-19(11-9-18)22(27)28/h8-11,21H,2-7,12-16H2,1H3,(H,27,28). The van der Waals surface area contributed by atoms with E-state index in [2.05, 4.69) is 0 Å². The number of aromatic carboxylic acids is 1. The molecule has 1 aromatic carbocycles. The summed E-state index contributed by atoms with van der Waals surface area (Å²) in [6, 6.07) is 6.99. The van der Waals surface area contributed by atoms with Crippen molar-refractivity contribution < 1.29 is 24.2 Å². The van der Waals surface area contributed by atoms with Crippen LogP contribution < -0.4 is 0 Å². The predicted molar refractivity (Wildman–Crippen MR) is 116 cm³/mol. The number of aryl methyl sites for hydroxylation is 1. The number of amides is 1. The number of carboxylic acids is 1. The van der Waals surface area contributed by atoms with Gasteiger partial charge in [0.1, 0.15) is 5.60 Å². The Morgan fingerprint density at radius 3 is 2.53 bits per heavy atom. The molecule has 6 nitrogen and oxygen atoms in total. The van der Waals surface area contributed by atoms with Gasteiger partial charge in [0.2, 0.25) is 5.91 Å². The van der Waals surface area contributed by atoms with Crippen molar-refractivity contribution in [2.75, 3.05) is 12.3 Å². The van der Waals surface area contributed by atoms with E-state index in [-0.39, 0.29) is 17.3 Å². The normalized spacial score (nSPS) is 20.9. The Morgan fingerprint density at radius 1 is 1.20 bits per heavy atom. The highest BCUT2D eigenvalue weighted by molar-refractivity contribution is 8.00. The van der Waals surface area contributed by atoms with Gasteiger partial charge in [0.25, 0.3) is 0 Å². The van der Waals surface area contributed by atoms with E-state index >= 15 is 0 Å². The summed E-state index contributed by atoms with van der Waals surface area (Å²) in [5.74, 6) is -0.463. The number of hydrogen-bond donors (Lipinski definition) is 1. The van der Waals surface area contributed by atoms with Crippen LogP contribution in [0.4, 0.5) is 0 Å². The number of carbonyl (C=O) groups is 3. The maximum Gasteiger partial charge on any atom is 0.335 e. The maximum atomic E-state index is 12.5. The molecule has 0 aromatic heterocycles. The summed E-state index contributed by atoms with van der Waals surface area (Å²) in [6.07, 6.45) is 8.50. The minimum atomic E-state index is -0.914. The van der Waals surface area contributed by atoms with E-state index in [4.69, 9.17) is 9.84 Å². The van der Waals surface area contributed by atoms with Crippen LogP contribution in [0.3, 0.4) is 0 Å². The lowest BCUT2D eigenvalue weighted by molar-refractivity contribution is -0.162. The van der Waals surface area contributed by atoms with E-state index in [1.165, 1.54) is 13.3 Å². The molecule has 1 aromatic rings. The molecule has 7 heteroatoms. The highest BCUT2D eigenvalue weighted by Gasteiger charge is 2.38. The van der Waals surface area contributed by atoms with Crippen LogP contribution in [0.25, 0.3) is 0 Å². The van der Waals surface area contributed by atoms with Gasteiger partial charge in [0.05, 0.1) is 16.7 Å². The number of esters is 1. The lowest BCUT2D eigenvalue weighted by Gasteiger charge is -2.38. The molecule has 2 aliphatic rings. The van der Waals surface area contributed by atoms with E-state index in [1.807, 2.05) is 17.0 Å². The zero-order chi connectivity index (χ0) is 21.6. The van der Waals surface area contributed by atoms with Crippen LogP contribution >= 0.6 is 11.8 Å². The average Bonchev–Trinajstić information content (AvgIpc) is 3.06. The molecule has 1 N–H and O–H groups in total. The fraction of sp³-hybridized carbons (Fsp3) is 0.609. The van der Waals surface area contributed by atoms with Crippen molar-refractivity contribution in [2.24, 2.45) is 0 Å². The molecule has 1 atom stereocenters. The van der Waals surface area contributed by atoms with E-state index < -0.39 is 11.6 Å². The zero-order valence-corrected chi connectivity index (χ0v) is 18.4. The van der Waals surface area contributed by atoms with Crippen molar-refractivity contribution in [3.8, 4) is 0 Å². The van der Waals surface area contributed by atoms with Gasteiger partial charge in [-0.3, -0.25) is 9.59 Å². The van der Waals surface area contributed by atoms with Crippen molar-refractivity contribution in [2.45, 2.75) is 75.7 Å². The number of hydrogen-bond acceptors (Lipinski definition) is 5. The van der Waals surface area contributed by atoms with Crippen LogP contribution in [0.2, 0.25) is 0 Å². The number of carbonyl (C=O) groups excluding carboxylic acids is 2. The molecule has 1 aliphatic carbocycles. The molecule has 0 radical (unpaired) electrons. The molecule has 1 heterocycles. The smallest absolute Gasteiger partial charge is 0.335 e. The summed E-state index contributed by atoms with van der Waals surface area (Å²) >= 11 is 1.69. The van der Waals surface area contributed by atoms with Gasteiger partial charge in [0.15, 0.2) is 0 Å². The van der Waals surface area contributed by atoms with Gasteiger partial charge in [-0.2, -0.15) is 0 Å². The van der Waals surface area contributed by atoms with Crippen molar-refractivity contribution in [1.29, 1.82) is 0 Å². The van der Waals surface area contributed by atoms with Crippen LogP contribution in [-0.2, 0) is 20.7 Å². The molecule has 3 rings (SSSR count). The summed E-state index contributed by atoms with van der Waals surface area (Å²) in [5, 5.41) is 9.15. The highest BCUT2D eigenvalue weighted by Crippen LogP contribution is 2.37. The molecular formula is C23H31NO5S. The van der Waals surface area contributed by atoms with Gasteiger partial charge in [-0.15, -0.1) is 11.8 Å². The first-order valence-corrected chi connectivity index (χ1v) is 11.9. The minimum absolute atomic E-state index is 0.161. The second-order valence-corrected chi connectivity index (χ2v) is 9.50. The summed E-state index contributed by atoms with van der Waals surface area (Å²) in [4.78, 5) is 37.0. The Morgan fingerprint density at radius 2 is 1.90 bits per heavy atom. The Bertz CT molecular complexity index is 757. The van der Waals surface area contributed by atoms with E-state index in [1.54, 1.807) is 23.9 Å². The first kappa shape index (κ1) is 22.7. The number of rotatable bonds is 9. The minimum Gasteiger partial charge on any atom is -0.478 e. The quantitative estimate of drug-likeness (QED) is 0.586. The van der Waals surface area contributed by atoms with E-state index in [0.717, 1.165) is 50.5 Å². The molecule has 1 saturated carbocycles. The molecule has 0 bridgehead atoms. The molecule has 0 spiro atoms. The largest absolute Gasteiger partial charge is 0.478 e. The molecule has 1 saturated heterocycles. The molecule has 1 unspecified atom stereocenters. The summed E-state index contributed by atoms with van der Waals surface area (Å²) in [7, 11) is 0. The van der Waals surface area contributed by atoms with Crippen LogP contribution in [0.1, 0.15) is 74.2 Å². The second-order valence-electron chi connectivity index (χ2n) is 8.33. The van der Waals surface area contributed by atoms with Crippen LogP contribution in [0, 0.1) is 0 Å². The Hall–Kier alpha value is -2.02. The first-order valence-electron chi connectivity index (χ1n) is 10.8. The van der Waals surface area contributed by atoms with Gasteiger partial charge in [0, 0.05) is 19.9 Å². The van der Waals surface area contributed by atoms with Gasteiger partial charge in [-0.05, 0) is 62.6 Å². The number of ether oxygens (including phenoxy) is 1. The fourth-order valence-corrected chi connectivity index (χ4v) is 5.77. The Balaban J connectivity index is 1.52. The SMILES string of the molecule is CC(=O)OC1(CCN2C(=O)CSC2CCCc2ccc(C(=O)O)cc2)CCCCC1. The fourth-order valence-electron chi connectivity index (χ4n) is 4.53. The molecule has 30 heavy (non-hydrogen) atoms. The maximum absolute atomic E-state index is 12.5. The summed E-state index contributed by atoms with van der Waals surface area (Å²) in [5.41, 5.74) is 0.997. The van der Waals surface area contributed by atoms with Gasteiger partial charge in [-0.25, -0.2) is 4.79 Å². The van der Waals surface area contributed by atoms with Crippen molar-refractivity contribution in [3.05, 3.63) is 35.4 Å². The molecule has 1 aliphatic heterocycles. The second kappa shape index (κ2) is 10.3. The van der Waals surface area contributed by atoms with E-state index in [9.17, 15) is 14.4 Å². The topological polar surface area (TPSA) is 83.9 Å². The first-order chi connectivity index (χ1) is 14.4. The average molecular weight is 434 g/mol. The molecular weight excluding hydrogens is 402 g/mol. The third-order valence-corrected chi connectivity index (χ3v) is 7.41.